The minimum Gasteiger partial charge on any atom is -0.495 e. The molecule has 6 heteroatoms. The van der Waals surface area contributed by atoms with E-state index in [1.54, 1.807) is 43.5 Å². The average molecular weight is 308 g/mol. The average Bonchev–Trinajstić information content (AvgIpc) is 2.46. The van der Waals surface area contributed by atoms with Gasteiger partial charge in [-0.05, 0) is 24.3 Å². The first-order chi connectivity index (χ1) is 10.1. The van der Waals surface area contributed by atoms with Gasteiger partial charge in [-0.1, -0.05) is 29.8 Å². The summed E-state index contributed by atoms with van der Waals surface area (Å²) >= 11 is 6.01. The van der Waals surface area contributed by atoms with Gasteiger partial charge in [-0.2, -0.15) is 0 Å². The van der Waals surface area contributed by atoms with Crippen LogP contribution < -0.4 is 15.8 Å². The number of hydrogen-bond donors (Lipinski definition) is 2. The molecule has 4 nitrogen and oxygen atoms in total. The Balaban J connectivity index is 2.04. The summed E-state index contributed by atoms with van der Waals surface area (Å²) in [7, 11) is 1.54. The molecule has 110 valence electrons. The molecular formula is C15H15ClFN3O. The Morgan fingerprint density at radius 3 is 2.76 bits per heavy atom. The van der Waals surface area contributed by atoms with Crippen LogP contribution in [0.1, 0.15) is 5.56 Å². The molecule has 0 radical (unpaired) electrons. The number of nitrogens with one attached hydrogen (secondary N) is 1. The highest BCUT2D eigenvalue weighted by Gasteiger charge is 2.03. The van der Waals surface area contributed by atoms with Crippen LogP contribution in [-0.2, 0) is 6.54 Å². The SMILES string of the molecule is COc1ccc(NC(N)=NCc2ccccc2F)cc1Cl. The van der Waals surface area contributed by atoms with Crippen LogP contribution in [0.25, 0.3) is 0 Å². The summed E-state index contributed by atoms with van der Waals surface area (Å²) in [4.78, 5) is 4.09. The Kier molecular flexibility index (Phi) is 5.00. The Bertz CT molecular complexity index is 661. The number of benzene rings is 2. The molecule has 0 aliphatic heterocycles. The molecule has 3 N–H and O–H groups in total. The van der Waals surface area contributed by atoms with Crippen molar-refractivity contribution in [3.8, 4) is 5.75 Å². The third-order valence-corrected chi connectivity index (χ3v) is 3.10. The Labute approximate surface area is 127 Å². The first-order valence-corrected chi connectivity index (χ1v) is 6.62. The maximum absolute atomic E-state index is 13.4. The molecule has 0 atom stereocenters. The van der Waals surface area contributed by atoms with Gasteiger partial charge in [-0.15, -0.1) is 0 Å². The summed E-state index contributed by atoms with van der Waals surface area (Å²) in [5.41, 5.74) is 6.92. The standard InChI is InChI=1S/C15H15ClFN3O/c1-21-14-7-6-11(8-12(14)16)20-15(18)19-9-10-4-2-3-5-13(10)17/h2-8H,9H2,1H3,(H3,18,19,20). The zero-order valence-electron chi connectivity index (χ0n) is 11.4. The molecular weight excluding hydrogens is 293 g/mol. The minimum atomic E-state index is -0.304. The van der Waals surface area contributed by atoms with E-state index >= 15 is 0 Å². The summed E-state index contributed by atoms with van der Waals surface area (Å²) in [6.07, 6.45) is 0. The third kappa shape index (κ3) is 4.10. The topological polar surface area (TPSA) is 59.6 Å². The summed E-state index contributed by atoms with van der Waals surface area (Å²) in [6.45, 7) is 0.162. The van der Waals surface area contributed by atoms with Crippen molar-refractivity contribution in [2.24, 2.45) is 10.7 Å². The first-order valence-electron chi connectivity index (χ1n) is 6.24. The molecule has 0 bridgehead atoms. The van der Waals surface area contributed by atoms with Gasteiger partial charge >= 0.3 is 0 Å². The largest absolute Gasteiger partial charge is 0.495 e. The number of ether oxygens (including phenoxy) is 1. The number of aliphatic imine (C=N–C) groups is 1. The highest BCUT2D eigenvalue weighted by atomic mass is 35.5. The predicted molar refractivity (Wildman–Crippen MR) is 83.4 cm³/mol. The molecule has 0 spiro atoms. The monoisotopic (exact) mass is 307 g/mol. The minimum absolute atomic E-state index is 0.162. The second-order valence-corrected chi connectivity index (χ2v) is 4.67. The Morgan fingerprint density at radius 2 is 2.10 bits per heavy atom. The molecule has 0 unspecified atom stereocenters. The van der Waals surface area contributed by atoms with E-state index in [0.29, 0.717) is 22.0 Å². The Morgan fingerprint density at radius 1 is 1.33 bits per heavy atom. The molecule has 21 heavy (non-hydrogen) atoms. The number of rotatable bonds is 4. The number of methoxy groups -OCH3 is 1. The molecule has 2 aromatic carbocycles. The van der Waals surface area contributed by atoms with E-state index < -0.39 is 0 Å². The van der Waals surface area contributed by atoms with Gasteiger partial charge in [0.15, 0.2) is 5.96 Å². The van der Waals surface area contributed by atoms with Crippen molar-refractivity contribution in [1.82, 2.24) is 0 Å². The highest BCUT2D eigenvalue weighted by Crippen LogP contribution is 2.27. The molecule has 0 aromatic heterocycles. The summed E-state index contributed by atoms with van der Waals surface area (Å²) in [5, 5.41) is 3.35. The lowest BCUT2D eigenvalue weighted by Gasteiger charge is -2.08. The van der Waals surface area contributed by atoms with E-state index in [0.717, 1.165) is 0 Å². The fourth-order valence-corrected chi connectivity index (χ4v) is 1.99. The van der Waals surface area contributed by atoms with E-state index in [9.17, 15) is 4.39 Å². The van der Waals surface area contributed by atoms with Crippen molar-refractivity contribution in [3.63, 3.8) is 0 Å². The number of halogens is 2. The van der Waals surface area contributed by atoms with Crippen LogP contribution in [0, 0.1) is 5.82 Å². The fraction of sp³-hybridized carbons (Fsp3) is 0.133. The predicted octanol–water partition coefficient (Wildman–Crippen LogP) is 3.41. The van der Waals surface area contributed by atoms with E-state index in [4.69, 9.17) is 22.1 Å². The van der Waals surface area contributed by atoms with Crippen molar-refractivity contribution >= 4 is 23.2 Å². The molecule has 2 rings (SSSR count). The second-order valence-electron chi connectivity index (χ2n) is 4.27. The maximum Gasteiger partial charge on any atom is 0.193 e. The van der Waals surface area contributed by atoms with Gasteiger partial charge in [-0.3, -0.25) is 0 Å². The van der Waals surface area contributed by atoms with Crippen LogP contribution in [0.3, 0.4) is 0 Å². The molecule has 0 aliphatic carbocycles. The lowest BCUT2D eigenvalue weighted by molar-refractivity contribution is 0.415. The van der Waals surface area contributed by atoms with E-state index in [1.807, 2.05) is 0 Å². The lowest BCUT2D eigenvalue weighted by Crippen LogP contribution is -2.22. The van der Waals surface area contributed by atoms with Crippen molar-refractivity contribution in [2.75, 3.05) is 12.4 Å². The van der Waals surface area contributed by atoms with E-state index in [1.165, 1.54) is 6.07 Å². The zero-order valence-corrected chi connectivity index (χ0v) is 12.2. The van der Waals surface area contributed by atoms with Gasteiger partial charge in [0.1, 0.15) is 11.6 Å². The first kappa shape index (κ1) is 15.1. The Hall–Kier alpha value is -2.27. The third-order valence-electron chi connectivity index (χ3n) is 2.80. The quantitative estimate of drug-likeness (QED) is 0.672. The number of guanidine groups is 1. The smallest absolute Gasteiger partial charge is 0.193 e. The van der Waals surface area contributed by atoms with Gasteiger partial charge < -0.3 is 15.8 Å². The normalized spacial score (nSPS) is 11.3. The lowest BCUT2D eigenvalue weighted by atomic mass is 10.2. The van der Waals surface area contributed by atoms with Crippen LogP contribution in [-0.4, -0.2) is 13.1 Å². The highest BCUT2D eigenvalue weighted by molar-refractivity contribution is 6.32. The summed E-state index contributed by atoms with van der Waals surface area (Å²) < 4.78 is 18.5. The maximum atomic E-state index is 13.4. The van der Waals surface area contributed by atoms with Gasteiger partial charge in [0.05, 0.1) is 18.7 Å². The van der Waals surface area contributed by atoms with Gasteiger partial charge in [0, 0.05) is 11.3 Å². The van der Waals surface area contributed by atoms with Crippen LogP contribution in [0.4, 0.5) is 10.1 Å². The fourth-order valence-electron chi connectivity index (χ4n) is 1.73. The van der Waals surface area contributed by atoms with Crippen molar-refractivity contribution in [3.05, 3.63) is 58.9 Å². The van der Waals surface area contributed by atoms with Gasteiger partial charge in [0.25, 0.3) is 0 Å². The molecule has 0 aliphatic rings. The van der Waals surface area contributed by atoms with E-state index in [2.05, 4.69) is 10.3 Å². The molecule has 0 saturated heterocycles. The number of nitrogens with zero attached hydrogens (tertiary/aromatic N) is 1. The van der Waals surface area contributed by atoms with Crippen molar-refractivity contribution < 1.29 is 9.13 Å². The molecule has 0 saturated carbocycles. The van der Waals surface area contributed by atoms with Crippen LogP contribution in [0.2, 0.25) is 5.02 Å². The molecule has 2 aromatic rings. The van der Waals surface area contributed by atoms with Crippen LogP contribution in [0.5, 0.6) is 5.75 Å². The van der Waals surface area contributed by atoms with E-state index in [-0.39, 0.29) is 18.3 Å². The number of nitrogens with two attached hydrogens (primary N) is 1. The van der Waals surface area contributed by atoms with Crippen LogP contribution in [0.15, 0.2) is 47.5 Å². The molecule has 0 heterocycles. The number of hydrogen-bond acceptors (Lipinski definition) is 2. The van der Waals surface area contributed by atoms with Gasteiger partial charge in [-0.25, -0.2) is 9.38 Å². The van der Waals surface area contributed by atoms with Gasteiger partial charge in [0.2, 0.25) is 0 Å². The van der Waals surface area contributed by atoms with Crippen molar-refractivity contribution in [1.29, 1.82) is 0 Å². The number of anilines is 1. The zero-order chi connectivity index (χ0) is 15.2. The second kappa shape index (κ2) is 6.95. The van der Waals surface area contributed by atoms with Crippen LogP contribution >= 0.6 is 11.6 Å². The summed E-state index contributed by atoms with van der Waals surface area (Å²) in [6, 6.07) is 11.6. The van der Waals surface area contributed by atoms with Crippen molar-refractivity contribution in [2.45, 2.75) is 6.54 Å². The molecule has 0 fully saturated rings. The summed E-state index contributed by atoms with van der Waals surface area (Å²) in [5.74, 6) is 0.449. The molecule has 0 amide bonds.